The van der Waals surface area contributed by atoms with E-state index in [0.29, 0.717) is 24.9 Å². The molecule has 0 unspecified atom stereocenters. The van der Waals surface area contributed by atoms with E-state index in [1.54, 1.807) is 6.92 Å². The summed E-state index contributed by atoms with van der Waals surface area (Å²) in [5.74, 6) is 0.448. The largest absolute Gasteiger partial charge is 0.378 e. The lowest BCUT2D eigenvalue weighted by atomic mass is 10.2. The fourth-order valence-corrected chi connectivity index (χ4v) is 3.28. The zero-order valence-corrected chi connectivity index (χ0v) is 14.4. The molecule has 0 radical (unpaired) electrons. The molecule has 1 aromatic heterocycles. The van der Waals surface area contributed by atoms with Crippen LogP contribution < -0.4 is 10.6 Å². The van der Waals surface area contributed by atoms with Crippen molar-refractivity contribution in [3.63, 3.8) is 0 Å². The number of amides is 1. The van der Waals surface area contributed by atoms with E-state index >= 15 is 0 Å². The smallest absolute Gasteiger partial charge is 0.230 e. The third-order valence-corrected chi connectivity index (χ3v) is 4.96. The number of anilines is 1. The highest BCUT2D eigenvalue weighted by Gasteiger charge is 2.23. The number of rotatable bonds is 6. The summed E-state index contributed by atoms with van der Waals surface area (Å²) in [6.07, 6.45) is 0. The van der Waals surface area contributed by atoms with Gasteiger partial charge in [0, 0.05) is 13.1 Å². The third-order valence-electron chi connectivity index (χ3n) is 3.86. The van der Waals surface area contributed by atoms with E-state index in [1.165, 1.54) is 11.8 Å². The summed E-state index contributed by atoms with van der Waals surface area (Å²) < 4.78 is 7.46. The van der Waals surface area contributed by atoms with Gasteiger partial charge in [0.1, 0.15) is 0 Å². The van der Waals surface area contributed by atoms with Crippen LogP contribution >= 0.6 is 11.8 Å². The maximum absolute atomic E-state index is 11.4. The summed E-state index contributed by atoms with van der Waals surface area (Å²) >= 11 is 1.34. The molecule has 0 aliphatic carbocycles. The van der Waals surface area contributed by atoms with Gasteiger partial charge in [-0.1, -0.05) is 42.1 Å². The minimum Gasteiger partial charge on any atom is -0.378 e. The molecule has 1 aromatic carbocycles. The monoisotopic (exact) mass is 347 g/mol. The van der Waals surface area contributed by atoms with Crippen molar-refractivity contribution < 1.29 is 9.53 Å². The second-order valence-corrected chi connectivity index (χ2v) is 6.92. The number of thioether (sulfide) groups is 1. The Labute approximate surface area is 145 Å². The number of primary amides is 1. The first-order valence-electron chi connectivity index (χ1n) is 7.91. The fraction of sp³-hybridized carbons (Fsp3) is 0.438. The van der Waals surface area contributed by atoms with Gasteiger partial charge in [0.2, 0.25) is 11.9 Å². The normalized spacial score (nSPS) is 16.1. The Kier molecular flexibility index (Phi) is 5.37. The Morgan fingerprint density at radius 1 is 1.29 bits per heavy atom. The SMILES string of the molecule is C[C@@H](Sc1nnc(N2CCOCC2)n1Cc1ccccc1)C(N)=O. The van der Waals surface area contributed by atoms with Crippen molar-refractivity contribution in [2.75, 3.05) is 31.2 Å². The summed E-state index contributed by atoms with van der Waals surface area (Å²) in [4.78, 5) is 13.6. The summed E-state index contributed by atoms with van der Waals surface area (Å²) in [5.41, 5.74) is 6.55. The molecule has 24 heavy (non-hydrogen) atoms. The molecule has 0 saturated carbocycles. The van der Waals surface area contributed by atoms with E-state index in [4.69, 9.17) is 10.5 Å². The Hall–Kier alpha value is -2.06. The van der Waals surface area contributed by atoms with Crippen LogP contribution in [0.4, 0.5) is 5.95 Å². The van der Waals surface area contributed by atoms with Crippen molar-refractivity contribution in [2.24, 2.45) is 5.73 Å². The standard InChI is InChI=1S/C16H21N5O2S/c1-12(14(17)22)24-16-19-18-15(20-7-9-23-10-8-20)21(16)11-13-5-3-2-4-6-13/h2-6,12H,7-11H2,1H3,(H2,17,22)/t12-/m1/s1. The highest BCUT2D eigenvalue weighted by Crippen LogP contribution is 2.27. The van der Waals surface area contributed by atoms with Crippen LogP contribution in [0.25, 0.3) is 0 Å². The Balaban J connectivity index is 1.90. The molecule has 2 heterocycles. The minimum absolute atomic E-state index is 0.359. The maximum Gasteiger partial charge on any atom is 0.230 e. The van der Waals surface area contributed by atoms with Crippen molar-refractivity contribution in [1.29, 1.82) is 0 Å². The lowest BCUT2D eigenvalue weighted by Gasteiger charge is -2.28. The molecule has 1 aliphatic heterocycles. The van der Waals surface area contributed by atoms with Crippen molar-refractivity contribution in [3.8, 4) is 0 Å². The molecule has 2 aromatic rings. The Morgan fingerprint density at radius 3 is 2.67 bits per heavy atom. The topological polar surface area (TPSA) is 86.3 Å². The number of ether oxygens (including phenoxy) is 1. The van der Waals surface area contributed by atoms with Gasteiger partial charge in [-0.15, -0.1) is 10.2 Å². The second-order valence-electron chi connectivity index (χ2n) is 5.62. The van der Waals surface area contributed by atoms with Gasteiger partial charge in [0.15, 0.2) is 5.16 Å². The van der Waals surface area contributed by atoms with Gasteiger partial charge in [0.05, 0.1) is 25.0 Å². The lowest BCUT2D eigenvalue weighted by molar-refractivity contribution is -0.117. The van der Waals surface area contributed by atoms with Crippen molar-refractivity contribution >= 4 is 23.6 Å². The van der Waals surface area contributed by atoms with Crippen LogP contribution in [0.2, 0.25) is 0 Å². The van der Waals surface area contributed by atoms with Crippen LogP contribution in [0, 0.1) is 0 Å². The van der Waals surface area contributed by atoms with Crippen LogP contribution in [0.15, 0.2) is 35.5 Å². The first-order valence-corrected chi connectivity index (χ1v) is 8.79. The van der Waals surface area contributed by atoms with Gasteiger partial charge < -0.3 is 15.4 Å². The van der Waals surface area contributed by atoms with Crippen LogP contribution in [0.1, 0.15) is 12.5 Å². The molecule has 1 saturated heterocycles. The summed E-state index contributed by atoms with van der Waals surface area (Å²) in [6, 6.07) is 10.1. The summed E-state index contributed by atoms with van der Waals surface area (Å²) in [7, 11) is 0. The first kappa shape index (κ1) is 16.8. The van der Waals surface area contributed by atoms with Crippen LogP contribution in [-0.2, 0) is 16.1 Å². The molecule has 0 bridgehead atoms. The van der Waals surface area contributed by atoms with E-state index in [0.717, 1.165) is 24.6 Å². The predicted molar refractivity (Wildman–Crippen MR) is 93.1 cm³/mol. The average molecular weight is 347 g/mol. The van der Waals surface area contributed by atoms with Crippen molar-refractivity contribution in [1.82, 2.24) is 14.8 Å². The molecule has 128 valence electrons. The van der Waals surface area contributed by atoms with Crippen LogP contribution in [0.5, 0.6) is 0 Å². The zero-order valence-electron chi connectivity index (χ0n) is 13.6. The molecule has 8 heteroatoms. The Morgan fingerprint density at radius 2 is 2.00 bits per heavy atom. The van der Waals surface area contributed by atoms with Gasteiger partial charge in [-0.2, -0.15) is 0 Å². The van der Waals surface area contributed by atoms with Gasteiger partial charge in [0.25, 0.3) is 0 Å². The van der Waals surface area contributed by atoms with Gasteiger partial charge >= 0.3 is 0 Å². The molecule has 0 spiro atoms. The van der Waals surface area contributed by atoms with E-state index in [-0.39, 0.29) is 11.2 Å². The second kappa shape index (κ2) is 7.67. The van der Waals surface area contributed by atoms with Crippen LogP contribution in [0.3, 0.4) is 0 Å². The van der Waals surface area contributed by atoms with Gasteiger partial charge in [-0.25, -0.2) is 0 Å². The van der Waals surface area contributed by atoms with E-state index in [9.17, 15) is 4.79 Å². The molecule has 3 rings (SSSR count). The number of hydrogen-bond acceptors (Lipinski definition) is 6. The quantitative estimate of drug-likeness (QED) is 0.789. The van der Waals surface area contributed by atoms with Crippen molar-refractivity contribution in [2.45, 2.75) is 23.9 Å². The molecule has 2 N–H and O–H groups in total. The highest BCUT2D eigenvalue weighted by molar-refractivity contribution is 8.00. The van der Waals surface area contributed by atoms with Crippen molar-refractivity contribution in [3.05, 3.63) is 35.9 Å². The fourth-order valence-electron chi connectivity index (χ4n) is 2.49. The number of benzene rings is 1. The van der Waals surface area contributed by atoms with E-state index in [2.05, 4.69) is 27.2 Å². The molecule has 1 aliphatic rings. The molecular weight excluding hydrogens is 326 g/mol. The first-order chi connectivity index (χ1) is 11.6. The van der Waals surface area contributed by atoms with E-state index in [1.807, 2.05) is 22.8 Å². The number of hydrogen-bond donors (Lipinski definition) is 1. The number of nitrogens with two attached hydrogens (primary N) is 1. The molecule has 1 atom stereocenters. The summed E-state index contributed by atoms with van der Waals surface area (Å²) in [5, 5.41) is 8.99. The van der Waals surface area contributed by atoms with Crippen LogP contribution in [-0.4, -0.2) is 52.2 Å². The maximum atomic E-state index is 11.4. The average Bonchev–Trinajstić information content (AvgIpc) is 2.99. The summed E-state index contributed by atoms with van der Waals surface area (Å²) in [6.45, 7) is 5.35. The van der Waals surface area contributed by atoms with Gasteiger partial charge in [-0.05, 0) is 12.5 Å². The Bertz CT molecular complexity index is 685. The third kappa shape index (κ3) is 3.88. The molecule has 1 amide bonds. The molecule has 7 nitrogen and oxygen atoms in total. The minimum atomic E-state index is -0.360. The van der Waals surface area contributed by atoms with E-state index < -0.39 is 0 Å². The lowest BCUT2D eigenvalue weighted by Crippen LogP contribution is -2.38. The number of morpholine rings is 1. The molecular formula is C16H21N5O2S. The zero-order chi connectivity index (χ0) is 16.9. The number of nitrogens with zero attached hydrogens (tertiary/aromatic N) is 4. The predicted octanol–water partition coefficient (Wildman–Crippen LogP) is 1.13. The highest BCUT2D eigenvalue weighted by atomic mass is 32.2. The van der Waals surface area contributed by atoms with Gasteiger partial charge in [-0.3, -0.25) is 9.36 Å². The number of carbonyl (C=O) groups excluding carboxylic acids is 1. The number of carbonyl (C=O) groups is 1. The molecule has 1 fully saturated rings. The number of aromatic nitrogens is 3.